The average Bonchev–Trinajstić information content (AvgIpc) is 2.99. The molecule has 1 aliphatic carbocycles. The van der Waals surface area contributed by atoms with Crippen LogP contribution in [0.1, 0.15) is 127 Å². The summed E-state index contributed by atoms with van der Waals surface area (Å²) >= 11 is 0. The second-order valence-electron chi connectivity index (χ2n) is 12.0. The number of allylic oxidation sites excluding steroid dienone is 2. The molecule has 1 aliphatic rings. The number of ether oxygens (including phenoxy) is 2. The highest BCUT2D eigenvalue weighted by Crippen LogP contribution is 2.32. The van der Waals surface area contributed by atoms with Crippen molar-refractivity contribution in [2.45, 2.75) is 117 Å². The number of aryl methyl sites for hydroxylation is 1. The number of hydrogen-bond acceptors (Lipinski definition) is 3. The lowest BCUT2D eigenvalue weighted by molar-refractivity contribution is 0.0734. The van der Waals surface area contributed by atoms with Gasteiger partial charge in [-0.25, -0.2) is 4.79 Å². The van der Waals surface area contributed by atoms with E-state index < -0.39 is 0 Å². The van der Waals surface area contributed by atoms with Gasteiger partial charge >= 0.3 is 5.97 Å². The zero-order chi connectivity index (χ0) is 28.4. The van der Waals surface area contributed by atoms with E-state index in [4.69, 9.17) is 9.47 Å². The summed E-state index contributed by atoms with van der Waals surface area (Å²) in [6, 6.07) is 15.3. The predicted octanol–water partition coefficient (Wildman–Crippen LogP) is 10.8. The average molecular weight is 547 g/mol. The van der Waals surface area contributed by atoms with Gasteiger partial charge in [-0.3, -0.25) is 0 Å². The summed E-state index contributed by atoms with van der Waals surface area (Å²) in [5, 5.41) is 0. The van der Waals surface area contributed by atoms with Gasteiger partial charge in [0.05, 0.1) is 12.2 Å². The van der Waals surface area contributed by atoms with E-state index >= 15 is 0 Å². The van der Waals surface area contributed by atoms with Crippen molar-refractivity contribution in [3.8, 4) is 11.5 Å². The minimum absolute atomic E-state index is 0.333. The molecule has 0 aromatic heterocycles. The van der Waals surface area contributed by atoms with Gasteiger partial charge in [-0.2, -0.15) is 0 Å². The van der Waals surface area contributed by atoms with E-state index in [9.17, 15) is 4.79 Å². The van der Waals surface area contributed by atoms with E-state index in [0.29, 0.717) is 17.9 Å². The Hall–Kier alpha value is -2.55. The maximum Gasteiger partial charge on any atom is 0.343 e. The Labute approximate surface area is 244 Å². The standard InChI is InChI=1S/C37H54O3/c1-4-6-7-8-11-14-31-15-17-32(18-16-31)19-20-33-21-25-36(26-22-33)40-37(38)34-23-27-35(28-24-34)39-29-12-9-10-13-30(3)5-2/h11,14,21-28,30-32H,4-10,12-13,15-20,29H2,1-3H3/b14-11+/t30-,31?,32?/m0/s1. The molecule has 1 fully saturated rings. The molecular formula is C37H54O3. The van der Waals surface area contributed by atoms with Crippen LogP contribution in [0.25, 0.3) is 0 Å². The zero-order valence-corrected chi connectivity index (χ0v) is 25.5. The number of carbonyl (C=O) groups excluding carboxylic acids is 1. The van der Waals surface area contributed by atoms with Crippen molar-refractivity contribution in [3.63, 3.8) is 0 Å². The lowest BCUT2D eigenvalue weighted by Crippen LogP contribution is -2.13. The molecule has 3 heteroatoms. The van der Waals surface area contributed by atoms with Crippen molar-refractivity contribution in [2.24, 2.45) is 17.8 Å². The molecule has 0 spiro atoms. The molecule has 40 heavy (non-hydrogen) atoms. The van der Waals surface area contributed by atoms with Crippen LogP contribution in [0, 0.1) is 17.8 Å². The van der Waals surface area contributed by atoms with E-state index in [-0.39, 0.29) is 5.97 Å². The molecule has 220 valence electrons. The Bertz CT molecular complexity index is 967. The Balaban J connectivity index is 1.31. The molecule has 0 saturated heterocycles. The van der Waals surface area contributed by atoms with E-state index in [2.05, 4.69) is 45.1 Å². The summed E-state index contributed by atoms with van der Waals surface area (Å²) < 4.78 is 11.5. The Morgan fingerprint density at radius 3 is 2.30 bits per heavy atom. The summed E-state index contributed by atoms with van der Waals surface area (Å²) in [5.41, 5.74) is 1.86. The van der Waals surface area contributed by atoms with Crippen LogP contribution in [0.15, 0.2) is 60.7 Å². The third-order valence-corrected chi connectivity index (χ3v) is 8.65. The Kier molecular flexibility index (Phi) is 15.0. The Morgan fingerprint density at radius 2 is 1.60 bits per heavy atom. The van der Waals surface area contributed by atoms with Gasteiger partial charge in [0.2, 0.25) is 0 Å². The summed E-state index contributed by atoms with van der Waals surface area (Å²) in [6.07, 6.45) is 24.0. The second-order valence-corrected chi connectivity index (χ2v) is 12.0. The second kappa shape index (κ2) is 18.7. The van der Waals surface area contributed by atoms with Gasteiger partial charge in [0.15, 0.2) is 0 Å². The van der Waals surface area contributed by atoms with Gasteiger partial charge in [-0.15, -0.1) is 0 Å². The molecule has 0 heterocycles. The topological polar surface area (TPSA) is 35.5 Å². The monoisotopic (exact) mass is 546 g/mol. The number of esters is 1. The van der Waals surface area contributed by atoms with Gasteiger partial charge in [-0.1, -0.05) is 83.6 Å². The van der Waals surface area contributed by atoms with Gasteiger partial charge in [0, 0.05) is 0 Å². The first-order chi connectivity index (χ1) is 19.6. The van der Waals surface area contributed by atoms with Gasteiger partial charge in [0.1, 0.15) is 11.5 Å². The highest BCUT2D eigenvalue weighted by molar-refractivity contribution is 5.91. The lowest BCUT2D eigenvalue weighted by atomic mass is 9.79. The molecule has 1 saturated carbocycles. The SMILES string of the molecule is CCCCC/C=C/C1CCC(CCc2ccc(OC(=O)c3ccc(OCCCCC[C@@H](C)CC)cc3)cc2)CC1. The fraction of sp³-hybridized carbons (Fsp3) is 0.595. The van der Waals surface area contributed by atoms with Crippen LogP contribution in [-0.2, 0) is 6.42 Å². The number of hydrogen-bond donors (Lipinski definition) is 0. The van der Waals surface area contributed by atoms with Crippen LogP contribution >= 0.6 is 0 Å². The fourth-order valence-corrected chi connectivity index (χ4v) is 5.58. The smallest absolute Gasteiger partial charge is 0.343 e. The molecule has 3 rings (SSSR count). The number of rotatable bonds is 18. The zero-order valence-electron chi connectivity index (χ0n) is 25.5. The van der Waals surface area contributed by atoms with Crippen LogP contribution in [0.4, 0.5) is 0 Å². The fourth-order valence-electron chi connectivity index (χ4n) is 5.58. The molecule has 2 aromatic carbocycles. The molecule has 0 unspecified atom stereocenters. The molecule has 0 radical (unpaired) electrons. The quantitative estimate of drug-likeness (QED) is 0.0807. The molecule has 1 atom stereocenters. The van der Waals surface area contributed by atoms with Crippen molar-refractivity contribution >= 4 is 5.97 Å². The number of benzene rings is 2. The molecule has 0 amide bonds. The van der Waals surface area contributed by atoms with Crippen LogP contribution in [0.3, 0.4) is 0 Å². The van der Waals surface area contributed by atoms with Crippen LogP contribution in [-0.4, -0.2) is 12.6 Å². The molecule has 0 N–H and O–H groups in total. The van der Waals surface area contributed by atoms with Crippen LogP contribution in [0.2, 0.25) is 0 Å². The van der Waals surface area contributed by atoms with Crippen molar-refractivity contribution in [1.29, 1.82) is 0 Å². The number of carbonyl (C=O) groups is 1. The normalized spacial score (nSPS) is 18.1. The molecule has 3 nitrogen and oxygen atoms in total. The van der Waals surface area contributed by atoms with Gasteiger partial charge in [-0.05, 0) is 118 Å². The largest absolute Gasteiger partial charge is 0.494 e. The van der Waals surface area contributed by atoms with Crippen molar-refractivity contribution < 1.29 is 14.3 Å². The molecule has 0 bridgehead atoms. The third kappa shape index (κ3) is 12.3. The van der Waals surface area contributed by atoms with Gasteiger partial charge < -0.3 is 9.47 Å². The van der Waals surface area contributed by atoms with Crippen LogP contribution in [0.5, 0.6) is 11.5 Å². The van der Waals surface area contributed by atoms with Crippen LogP contribution < -0.4 is 9.47 Å². The van der Waals surface area contributed by atoms with E-state index in [1.807, 2.05) is 24.3 Å². The first-order valence-electron chi connectivity index (χ1n) is 16.3. The predicted molar refractivity (Wildman–Crippen MR) is 168 cm³/mol. The summed E-state index contributed by atoms with van der Waals surface area (Å²) in [6.45, 7) is 7.56. The maximum atomic E-state index is 12.6. The molecular weight excluding hydrogens is 492 g/mol. The van der Waals surface area contributed by atoms with E-state index in [0.717, 1.165) is 36.3 Å². The number of unbranched alkanes of at least 4 members (excludes halogenated alkanes) is 5. The minimum Gasteiger partial charge on any atom is -0.494 e. The summed E-state index contributed by atoms with van der Waals surface area (Å²) in [5.74, 6) is 3.51. The van der Waals surface area contributed by atoms with Gasteiger partial charge in [0.25, 0.3) is 0 Å². The highest BCUT2D eigenvalue weighted by atomic mass is 16.5. The highest BCUT2D eigenvalue weighted by Gasteiger charge is 2.19. The van der Waals surface area contributed by atoms with Crippen molar-refractivity contribution in [2.75, 3.05) is 6.61 Å². The lowest BCUT2D eigenvalue weighted by Gasteiger charge is -2.26. The van der Waals surface area contributed by atoms with Crippen molar-refractivity contribution in [3.05, 3.63) is 71.8 Å². The first-order valence-corrected chi connectivity index (χ1v) is 16.3. The van der Waals surface area contributed by atoms with Crippen molar-refractivity contribution in [1.82, 2.24) is 0 Å². The summed E-state index contributed by atoms with van der Waals surface area (Å²) in [7, 11) is 0. The van der Waals surface area contributed by atoms with E-state index in [1.165, 1.54) is 89.0 Å². The summed E-state index contributed by atoms with van der Waals surface area (Å²) in [4.78, 5) is 12.6. The Morgan fingerprint density at radius 1 is 0.875 bits per heavy atom. The minimum atomic E-state index is -0.333. The van der Waals surface area contributed by atoms with E-state index in [1.54, 1.807) is 12.1 Å². The third-order valence-electron chi connectivity index (χ3n) is 8.65. The molecule has 2 aromatic rings. The molecule has 0 aliphatic heterocycles. The first kappa shape index (κ1) is 32.0. The maximum absolute atomic E-state index is 12.6.